The number of para-hydroxylation sites is 2. The predicted molar refractivity (Wildman–Crippen MR) is 197 cm³/mol. The van der Waals surface area contributed by atoms with Gasteiger partial charge >= 0.3 is 0 Å². The van der Waals surface area contributed by atoms with Crippen LogP contribution in [0.15, 0.2) is 114 Å². The Labute approximate surface area is 305 Å². The molecule has 0 atom stereocenters. The molecule has 0 amide bonds. The van der Waals surface area contributed by atoms with Crippen LogP contribution in [0.25, 0.3) is 61.3 Å². The van der Waals surface area contributed by atoms with Crippen LogP contribution in [-0.2, 0) is 20.1 Å². The van der Waals surface area contributed by atoms with E-state index in [0.29, 0.717) is 11.8 Å². The third kappa shape index (κ3) is 6.47. The van der Waals surface area contributed by atoms with E-state index >= 15 is 0 Å². The van der Waals surface area contributed by atoms with Crippen LogP contribution in [0.2, 0.25) is 0 Å². The number of hydrogen-bond donors (Lipinski definition) is 0. The molecule has 0 saturated heterocycles. The van der Waals surface area contributed by atoms with Crippen LogP contribution in [-0.4, -0.2) is 19.5 Å². The number of pyridine rings is 2. The van der Waals surface area contributed by atoms with Gasteiger partial charge in [-0.1, -0.05) is 87.2 Å². The van der Waals surface area contributed by atoms with Crippen molar-refractivity contribution in [3.05, 3.63) is 144 Å². The van der Waals surface area contributed by atoms with Crippen molar-refractivity contribution in [2.45, 2.75) is 53.3 Å². The molecule has 4 heterocycles. The summed E-state index contributed by atoms with van der Waals surface area (Å²) in [6, 6.07) is 38.2. The summed E-state index contributed by atoms with van der Waals surface area (Å²) in [5, 5.41) is 2.17. The maximum Gasteiger partial charge on any atom is 0.120 e. The van der Waals surface area contributed by atoms with Gasteiger partial charge in [-0.3, -0.25) is 9.97 Å². The zero-order valence-electron chi connectivity index (χ0n) is 31.1. The number of benzene rings is 4. The molecule has 0 spiro atoms. The van der Waals surface area contributed by atoms with Gasteiger partial charge in [0, 0.05) is 47.7 Å². The molecular formula is C43H38IrN4O-2. The standard InChI is InChI=1S/C31H28N3O.C12H10N.Ir/c1-18(2)21-11-8-12-22(19(3)4)29(21)34-26-16-17-32-20(5)28(26)33-31(34)25-14-9-13-24-23-10-6-7-15-27(23)35-30(24)25;1-10-7-8-12(13-9-10)11-5-3-2-4-6-11;/h6-13,15-19H,1-5H3;2-5,7-9H,1H3;/q2*-1;/i;1D3;. The molecule has 0 N–H and O–H groups in total. The summed E-state index contributed by atoms with van der Waals surface area (Å²) in [5.41, 5.74) is 11.0. The van der Waals surface area contributed by atoms with Crippen LogP contribution in [0, 0.1) is 25.9 Å². The van der Waals surface area contributed by atoms with Gasteiger partial charge in [-0.15, -0.1) is 54.1 Å². The fraction of sp³-hybridized carbons (Fsp3) is 0.186. The number of rotatable bonds is 5. The van der Waals surface area contributed by atoms with E-state index in [0.717, 1.165) is 61.3 Å². The first-order valence-electron chi connectivity index (χ1n) is 17.8. The van der Waals surface area contributed by atoms with E-state index in [4.69, 9.17) is 13.5 Å². The number of furan rings is 1. The maximum atomic E-state index is 7.23. The van der Waals surface area contributed by atoms with Gasteiger partial charge in [0.2, 0.25) is 0 Å². The van der Waals surface area contributed by atoms with Crippen molar-refractivity contribution in [3.8, 4) is 28.3 Å². The molecule has 0 aliphatic heterocycles. The molecule has 0 aliphatic carbocycles. The molecule has 247 valence electrons. The molecule has 6 heteroatoms. The van der Waals surface area contributed by atoms with Crippen molar-refractivity contribution >= 4 is 33.0 Å². The van der Waals surface area contributed by atoms with Crippen molar-refractivity contribution in [1.82, 2.24) is 19.5 Å². The molecule has 4 aromatic heterocycles. The fourth-order valence-corrected chi connectivity index (χ4v) is 6.26. The van der Waals surface area contributed by atoms with E-state index < -0.39 is 6.85 Å². The number of imidazole rings is 1. The summed E-state index contributed by atoms with van der Waals surface area (Å²) >= 11 is 0. The summed E-state index contributed by atoms with van der Waals surface area (Å²) in [5.74, 6) is 1.53. The number of hydrogen-bond acceptors (Lipinski definition) is 4. The van der Waals surface area contributed by atoms with E-state index in [-0.39, 0.29) is 25.7 Å². The van der Waals surface area contributed by atoms with E-state index in [2.05, 4.69) is 90.8 Å². The zero-order valence-corrected chi connectivity index (χ0v) is 30.5. The molecule has 0 fully saturated rings. The Balaban J connectivity index is 0.000000230. The zero-order chi connectivity index (χ0) is 35.9. The topological polar surface area (TPSA) is 56.7 Å². The molecule has 0 saturated carbocycles. The molecule has 4 aromatic carbocycles. The van der Waals surface area contributed by atoms with E-state index in [1.807, 2.05) is 55.6 Å². The molecule has 0 aliphatic rings. The van der Waals surface area contributed by atoms with Crippen LogP contribution in [0.1, 0.15) is 66.0 Å². The summed E-state index contributed by atoms with van der Waals surface area (Å²) < 4.78 is 30.4. The minimum Gasteiger partial charge on any atom is -0.501 e. The van der Waals surface area contributed by atoms with Crippen molar-refractivity contribution in [1.29, 1.82) is 0 Å². The SMILES string of the molecule is Cc1nccc2c1nc(-c1[c-]ccc3c1oc1ccccc13)n2-c1c(C(C)C)cccc1C(C)C.[2H]C([2H])([2H])c1ccc(-c2[c-]cccc2)nc1.[Ir]. The monoisotopic (exact) mass is 822 g/mol. The number of nitrogens with zero attached hydrogens (tertiary/aromatic N) is 4. The molecule has 49 heavy (non-hydrogen) atoms. The second kappa shape index (κ2) is 14.3. The van der Waals surface area contributed by atoms with Crippen molar-refractivity contribution in [2.24, 2.45) is 0 Å². The van der Waals surface area contributed by atoms with Crippen LogP contribution >= 0.6 is 0 Å². The Hall–Kier alpha value is -4.90. The maximum absolute atomic E-state index is 7.23. The fourth-order valence-electron chi connectivity index (χ4n) is 6.26. The smallest absolute Gasteiger partial charge is 0.120 e. The van der Waals surface area contributed by atoms with Gasteiger partial charge in [-0.2, -0.15) is 0 Å². The minimum absolute atomic E-state index is 0. The average molecular weight is 822 g/mol. The molecule has 0 unspecified atom stereocenters. The predicted octanol–water partition coefficient (Wildman–Crippen LogP) is 11.2. The molecule has 8 aromatic rings. The second-order valence-electron chi connectivity index (χ2n) is 12.5. The van der Waals surface area contributed by atoms with Crippen LogP contribution < -0.4 is 0 Å². The molecule has 0 bridgehead atoms. The van der Waals surface area contributed by atoms with Gasteiger partial charge in [0.1, 0.15) is 5.58 Å². The van der Waals surface area contributed by atoms with Crippen LogP contribution in [0.5, 0.6) is 0 Å². The first-order valence-corrected chi connectivity index (χ1v) is 16.3. The average Bonchev–Trinajstić information content (AvgIpc) is 3.71. The third-order valence-electron chi connectivity index (χ3n) is 8.63. The molecular weight excluding hydrogens is 781 g/mol. The van der Waals surface area contributed by atoms with E-state index in [9.17, 15) is 0 Å². The van der Waals surface area contributed by atoms with E-state index in [1.54, 1.807) is 18.2 Å². The first kappa shape index (κ1) is 30.2. The summed E-state index contributed by atoms with van der Waals surface area (Å²) in [4.78, 5) is 13.9. The first-order chi connectivity index (χ1) is 24.5. The van der Waals surface area contributed by atoms with Gasteiger partial charge in [0.25, 0.3) is 0 Å². The number of aryl methyl sites for hydroxylation is 2. The molecule has 5 nitrogen and oxygen atoms in total. The number of aromatic nitrogens is 4. The second-order valence-corrected chi connectivity index (χ2v) is 12.5. The Bertz CT molecular complexity index is 2460. The third-order valence-corrected chi connectivity index (χ3v) is 8.63. The van der Waals surface area contributed by atoms with Crippen molar-refractivity contribution in [2.75, 3.05) is 0 Å². The van der Waals surface area contributed by atoms with Crippen LogP contribution in [0.4, 0.5) is 0 Å². The summed E-state index contributed by atoms with van der Waals surface area (Å²) in [6.07, 6.45) is 3.27. The van der Waals surface area contributed by atoms with Gasteiger partial charge in [0.05, 0.1) is 28.1 Å². The summed E-state index contributed by atoms with van der Waals surface area (Å²) in [6.45, 7) is 8.93. The quantitative estimate of drug-likeness (QED) is 0.162. The van der Waals surface area contributed by atoms with Gasteiger partial charge in [-0.05, 0) is 60.1 Å². The largest absolute Gasteiger partial charge is 0.501 e. The molecule has 1 radical (unpaired) electrons. The van der Waals surface area contributed by atoms with Gasteiger partial charge in [-0.25, -0.2) is 0 Å². The van der Waals surface area contributed by atoms with E-state index in [1.165, 1.54) is 23.0 Å². The molecule has 8 rings (SSSR count). The van der Waals surface area contributed by atoms with Gasteiger partial charge < -0.3 is 14.0 Å². The van der Waals surface area contributed by atoms with Crippen LogP contribution in [0.3, 0.4) is 0 Å². The van der Waals surface area contributed by atoms with Crippen molar-refractivity contribution < 1.29 is 28.6 Å². The Morgan fingerprint density at radius 1 is 0.776 bits per heavy atom. The Morgan fingerprint density at radius 2 is 1.55 bits per heavy atom. The van der Waals surface area contributed by atoms with Crippen molar-refractivity contribution in [3.63, 3.8) is 0 Å². The normalized spacial score (nSPS) is 12.4. The summed E-state index contributed by atoms with van der Waals surface area (Å²) in [7, 11) is 0. The minimum atomic E-state index is -2.09. The number of fused-ring (bicyclic) bond motifs is 4. The Morgan fingerprint density at radius 3 is 2.24 bits per heavy atom. The van der Waals surface area contributed by atoms with Gasteiger partial charge in [0.15, 0.2) is 0 Å². The Kier molecular flexibility index (Phi) is 8.80.